The molecule has 0 atom stereocenters. The predicted octanol–water partition coefficient (Wildman–Crippen LogP) is 3.51. The maximum absolute atomic E-state index is 12.4. The number of halogens is 1. The summed E-state index contributed by atoms with van der Waals surface area (Å²) in [6, 6.07) is 12.4. The lowest BCUT2D eigenvalue weighted by molar-refractivity contribution is 0.102. The fraction of sp³-hybridized carbons (Fsp3) is 0.0588. The van der Waals surface area contributed by atoms with Gasteiger partial charge in [-0.25, -0.2) is 4.68 Å². The van der Waals surface area contributed by atoms with E-state index < -0.39 is 0 Å². The number of anilines is 1. The Kier molecular flexibility index (Phi) is 3.59. The first-order valence-corrected chi connectivity index (χ1v) is 7.58. The van der Waals surface area contributed by atoms with Gasteiger partial charge in [0.05, 0.1) is 17.4 Å². The first kappa shape index (κ1) is 14.6. The highest BCUT2D eigenvalue weighted by atomic mass is 35.5. The van der Waals surface area contributed by atoms with Gasteiger partial charge < -0.3 is 14.8 Å². The molecule has 2 heterocycles. The Morgan fingerprint density at radius 1 is 1.12 bits per heavy atom. The normalized spacial score (nSPS) is 12.2. The van der Waals surface area contributed by atoms with Crippen LogP contribution >= 0.6 is 11.6 Å². The molecule has 2 aromatic carbocycles. The molecule has 0 unspecified atom stereocenters. The fourth-order valence-electron chi connectivity index (χ4n) is 2.35. The van der Waals surface area contributed by atoms with Crippen LogP contribution in [-0.2, 0) is 0 Å². The molecule has 0 saturated heterocycles. The van der Waals surface area contributed by atoms with Crippen LogP contribution < -0.4 is 14.8 Å². The summed E-state index contributed by atoms with van der Waals surface area (Å²) in [5.41, 5.74) is 1.90. The summed E-state index contributed by atoms with van der Waals surface area (Å²) in [5, 5.41) is 7.66. The van der Waals surface area contributed by atoms with E-state index in [4.69, 9.17) is 21.1 Å². The van der Waals surface area contributed by atoms with Gasteiger partial charge >= 0.3 is 0 Å². The van der Waals surface area contributed by atoms with Gasteiger partial charge in [-0.1, -0.05) is 11.6 Å². The van der Waals surface area contributed by atoms with Gasteiger partial charge in [-0.15, -0.1) is 0 Å². The van der Waals surface area contributed by atoms with Gasteiger partial charge in [0.15, 0.2) is 11.5 Å². The number of hydrogen-bond donors (Lipinski definition) is 1. The molecule has 4 rings (SSSR count). The number of carbonyl (C=O) groups is 1. The smallest absolute Gasteiger partial charge is 0.258 e. The average Bonchev–Trinajstić information content (AvgIpc) is 3.24. The quantitative estimate of drug-likeness (QED) is 0.791. The Morgan fingerprint density at radius 3 is 2.75 bits per heavy atom. The van der Waals surface area contributed by atoms with Gasteiger partial charge in [0.2, 0.25) is 6.79 Å². The zero-order valence-electron chi connectivity index (χ0n) is 12.4. The standard InChI is InChI=1S/C17H12ClN3O3/c18-12-1-4-14(5-2-12)21-9-11(8-19-21)17(22)20-13-3-6-15-16(7-13)24-10-23-15/h1-9H,10H2,(H,20,22). The third-order valence-corrected chi connectivity index (χ3v) is 3.82. The fourth-order valence-corrected chi connectivity index (χ4v) is 2.48. The largest absolute Gasteiger partial charge is 0.454 e. The zero-order valence-corrected chi connectivity index (χ0v) is 13.2. The van der Waals surface area contributed by atoms with Crippen molar-refractivity contribution in [2.24, 2.45) is 0 Å². The first-order valence-electron chi connectivity index (χ1n) is 7.21. The molecule has 7 heteroatoms. The molecule has 1 aromatic heterocycles. The highest BCUT2D eigenvalue weighted by Crippen LogP contribution is 2.34. The molecule has 1 aliphatic rings. The van der Waals surface area contributed by atoms with E-state index >= 15 is 0 Å². The van der Waals surface area contributed by atoms with Crippen LogP contribution in [0.25, 0.3) is 5.69 Å². The number of nitrogens with zero attached hydrogens (tertiary/aromatic N) is 2. The minimum atomic E-state index is -0.255. The third-order valence-electron chi connectivity index (χ3n) is 3.57. The van der Waals surface area contributed by atoms with Crippen LogP contribution in [0.5, 0.6) is 11.5 Å². The lowest BCUT2D eigenvalue weighted by Crippen LogP contribution is -2.11. The van der Waals surface area contributed by atoms with Crippen LogP contribution in [0.1, 0.15) is 10.4 Å². The molecule has 0 saturated carbocycles. The molecule has 120 valence electrons. The van der Waals surface area contributed by atoms with Gasteiger partial charge in [0, 0.05) is 23.0 Å². The summed E-state index contributed by atoms with van der Waals surface area (Å²) in [6.07, 6.45) is 3.17. The number of ether oxygens (including phenoxy) is 2. The lowest BCUT2D eigenvalue weighted by atomic mass is 10.2. The number of fused-ring (bicyclic) bond motifs is 1. The first-order chi connectivity index (χ1) is 11.7. The van der Waals surface area contributed by atoms with Crippen molar-refractivity contribution in [2.75, 3.05) is 12.1 Å². The summed E-state index contributed by atoms with van der Waals surface area (Å²) in [6.45, 7) is 0.195. The van der Waals surface area contributed by atoms with E-state index in [2.05, 4.69) is 10.4 Å². The van der Waals surface area contributed by atoms with Gasteiger partial charge in [0.1, 0.15) is 0 Å². The topological polar surface area (TPSA) is 65.4 Å². The number of aromatic nitrogens is 2. The molecule has 0 aliphatic carbocycles. The Bertz CT molecular complexity index is 906. The van der Waals surface area contributed by atoms with Crippen LogP contribution in [0.4, 0.5) is 5.69 Å². The molecule has 0 fully saturated rings. The summed E-state index contributed by atoms with van der Waals surface area (Å²) >= 11 is 5.87. The summed E-state index contributed by atoms with van der Waals surface area (Å²) in [4.78, 5) is 12.4. The lowest BCUT2D eigenvalue weighted by Gasteiger charge is -2.04. The van der Waals surface area contributed by atoms with Crippen LogP contribution in [0.15, 0.2) is 54.9 Å². The van der Waals surface area contributed by atoms with E-state index in [1.165, 1.54) is 6.20 Å². The van der Waals surface area contributed by atoms with Gasteiger partial charge in [-0.3, -0.25) is 4.79 Å². The average molecular weight is 342 g/mol. The van der Waals surface area contributed by atoms with Crippen molar-refractivity contribution in [1.82, 2.24) is 9.78 Å². The molecule has 0 bridgehead atoms. The summed E-state index contributed by atoms with van der Waals surface area (Å²) in [7, 11) is 0. The summed E-state index contributed by atoms with van der Waals surface area (Å²) < 4.78 is 12.2. The molecule has 0 spiro atoms. The van der Waals surface area contributed by atoms with Crippen LogP contribution in [0.2, 0.25) is 5.02 Å². The van der Waals surface area contributed by atoms with Crippen molar-refractivity contribution in [3.05, 3.63) is 65.4 Å². The van der Waals surface area contributed by atoms with Gasteiger partial charge in [-0.2, -0.15) is 5.10 Å². The van der Waals surface area contributed by atoms with E-state index in [0.29, 0.717) is 27.8 Å². The van der Waals surface area contributed by atoms with E-state index in [9.17, 15) is 4.79 Å². The molecule has 24 heavy (non-hydrogen) atoms. The number of carbonyl (C=O) groups excluding carboxylic acids is 1. The minimum Gasteiger partial charge on any atom is -0.454 e. The Labute approximate surface area is 142 Å². The van der Waals surface area contributed by atoms with Crippen molar-refractivity contribution in [3.8, 4) is 17.2 Å². The zero-order chi connectivity index (χ0) is 16.5. The second kappa shape index (κ2) is 5.90. The molecular formula is C17H12ClN3O3. The molecule has 3 aromatic rings. The van der Waals surface area contributed by atoms with Crippen molar-refractivity contribution >= 4 is 23.2 Å². The van der Waals surface area contributed by atoms with Crippen molar-refractivity contribution in [2.45, 2.75) is 0 Å². The Balaban J connectivity index is 1.52. The number of benzene rings is 2. The van der Waals surface area contributed by atoms with Crippen LogP contribution in [0, 0.1) is 0 Å². The van der Waals surface area contributed by atoms with Gasteiger partial charge in [0.25, 0.3) is 5.91 Å². The SMILES string of the molecule is O=C(Nc1ccc2c(c1)OCO2)c1cnn(-c2ccc(Cl)cc2)c1. The maximum Gasteiger partial charge on any atom is 0.258 e. The molecule has 1 N–H and O–H groups in total. The third kappa shape index (κ3) is 2.79. The summed E-state index contributed by atoms with van der Waals surface area (Å²) in [5.74, 6) is 1.03. The van der Waals surface area contributed by atoms with E-state index in [1.54, 1.807) is 41.2 Å². The number of amides is 1. The molecule has 1 aliphatic heterocycles. The maximum atomic E-state index is 12.4. The highest BCUT2D eigenvalue weighted by Gasteiger charge is 2.15. The predicted molar refractivity (Wildman–Crippen MR) is 89.1 cm³/mol. The van der Waals surface area contributed by atoms with Crippen molar-refractivity contribution < 1.29 is 14.3 Å². The van der Waals surface area contributed by atoms with E-state index in [-0.39, 0.29) is 12.7 Å². The highest BCUT2D eigenvalue weighted by molar-refractivity contribution is 6.30. The Morgan fingerprint density at radius 2 is 1.92 bits per heavy atom. The molecule has 0 radical (unpaired) electrons. The van der Waals surface area contributed by atoms with Crippen LogP contribution in [0.3, 0.4) is 0 Å². The van der Waals surface area contributed by atoms with E-state index in [1.807, 2.05) is 12.1 Å². The van der Waals surface area contributed by atoms with E-state index in [0.717, 1.165) is 5.69 Å². The molecular weight excluding hydrogens is 330 g/mol. The van der Waals surface area contributed by atoms with Crippen molar-refractivity contribution in [1.29, 1.82) is 0 Å². The minimum absolute atomic E-state index is 0.195. The Hall–Kier alpha value is -2.99. The second-order valence-electron chi connectivity index (χ2n) is 5.17. The monoisotopic (exact) mass is 341 g/mol. The molecule has 1 amide bonds. The van der Waals surface area contributed by atoms with Crippen molar-refractivity contribution in [3.63, 3.8) is 0 Å². The number of nitrogens with one attached hydrogen (secondary N) is 1. The van der Waals surface area contributed by atoms with Crippen LogP contribution in [-0.4, -0.2) is 22.5 Å². The molecule has 6 nitrogen and oxygen atoms in total. The second-order valence-corrected chi connectivity index (χ2v) is 5.61. The number of rotatable bonds is 3. The number of hydrogen-bond acceptors (Lipinski definition) is 4. The van der Waals surface area contributed by atoms with Gasteiger partial charge in [-0.05, 0) is 36.4 Å².